The van der Waals surface area contributed by atoms with Crippen LogP contribution >= 0.6 is 12.2 Å². The molecular weight excluding hydrogens is 250 g/mol. The SMILES string of the molecule is Cc1c(C)c2c(c(C)c1C(C)C)C(=S)C(C)(C)N2C. The Bertz CT molecular complexity index is 567. The lowest BCUT2D eigenvalue weighted by molar-refractivity contribution is 0.667. The van der Waals surface area contributed by atoms with Crippen molar-refractivity contribution in [3.8, 4) is 0 Å². The standard InChI is InChI=1S/C17H25NS/c1-9(2)13-10(3)11(4)15-14(12(13)5)16(19)17(6,7)18(15)8/h9H,1-8H3. The minimum Gasteiger partial charge on any atom is -0.364 e. The van der Waals surface area contributed by atoms with E-state index in [1.165, 1.54) is 33.5 Å². The summed E-state index contributed by atoms with van der Waals surface area (Å²) < 4.78 is 0. The molecule has 0 fully saturated rings. The van der Waals surface area contributed by atoms with Crippen LogP contribution in [-0.2, 0) is 0 Å². The second kappa shape index (κ2) is 4.31. The molecule has 0 atom stereocenters. The summed E-state index contributed by atoms with van der Waals surface area (Å²) in [6.07, 6.45) is 0. The Labute approximate surface area is 123 Å². The first-order valence-electron chi connectivity index (χ1n) is 7.04. The summed E-state index contributed by atoms with van der Waals surface area (Å²) >= 11 is 5.78. The van der Waals surface area contributed by atoms with Crippen LogP contribution in [0.1, 0.15) is 61.4 Å². The van der Waals surface area contributed by atoms with Gasteiger partial charge in [0, 0.05) is 23.2 Å². The summed E-state index contributed by atoms with van der Waals surface area (Å²) in [6, 6.07) is 0. The predicted octanol–water partition coefficient (Wildman–Crippen LogP) is 4.68. The molecule has 19 heavy (non-hydrogen) atoms. The molecule has 1 aromatic carbocycles. The van der Waals surface area contributed by atoms with E-state index in [1.807, 2.05) is 0 Å². The third kappa shape index (κ3) is 1.76. The van der Waals surface area contributed by atoms with E-state index in [9.17, 15) is 0 Å². The maximum atomic E-state index is 5.78. The van der Waals surface area contributed by atoms with Crippen molar-refractivity contribution in [2.24, 2.45) is 0 Å². The zero-order chi connectivity index (χ0) is 14.7. The number of likely N-dealkylation sites (N-methyl/N-ethyl adjacent to an activating group) is 1. The molecule has 1 aliphatic rings. The van der Waals surface area contributed by atoms with Crippen molar-refractivity contribution >= 4 is 22.8 Å². The van der Waals surface area contributed by atoms with Gasteiger partial charge in [-0.25, -0.2) is 0 Å². The Morgan fingerprint density at radius 1 is 1.00 bits per heavy atom. The minimum atomic E-state index is -0.0603. The van der Waals surface area contributed by atoms with E-state index in [2.05, 4.69) is 60.4 Å². The van der Waals surface area contributed by atoms with Gasteiger partial charge in [-0.15, -0.1) is 0 Å². The average molecular weight is 275 g/mol. The zero-order valence-corrected chi connectivity index (χ0v) is 14.2. The number of hydrogen-bond donors (Lipinski definition) is 0. The first-order chi connectivity index (χ1) is 8.62. The molecule has 2 heteroatoms. The number of benzene rings is 1. The quantitative estimate of drug-likeness (QED) is 0.685. The predicted molar refractivity (Wildman–Crippen MR) is 88.9 cm³/mol. The van der Waals surface area contributed by atoms with Gasteiger partial charge >= 0.3 is 0 Å². The Morgan fingerprint density at radius 2 is 1.53 bits per heavy atom. The highest BCUT2D eigenvalue weighted by atomic mass is 32.1. The minimum absolute atomic E-state index is 0.0603. The summed E-state index contributed by atoms with van der Waals surface area (Å²) in [5.41, 5.74) is 8.28. The van der Waals surface area contributed by atoms with Gasteiger partial charge in [-0.2, -0.15) is 0 Å². The van der Waals surface area contributed by atoms with E-state index in [1.54, 1.807) is 0 Å². The Morgan fingerprint density at radius 3 is 2.00 bits per heavy atom. The normalized spacial score (nSPS) is 17.3. The van der Waals surface area contributed by atoms with Crippen LogP contribution < -0.4 is 4.90 Å². The van der Waals surface area contributed by atoms with E-state index in [0.717, 1.165) is 4.86 Å². The highest BCUT2D eigenvalue weighted by molar-refractivity contribution is 7.81. The van der Waals surface area contributed by atoms with Crippen LogP contribution in [-0.4, -0.2) is 17.5 Å². The van der Waals surface area contributed by atoms with Crippen molar-refractivity contribution in [1.29, 1.82) is 0 Å². The summed E-state index contributed by atoms with van der Waals surface area (Å²) in [7, 11) is 2.17. The second-order valence-corrected chi connectivity index (χ2v) is 7.02. The lowest BCUT2D eigenvalue weighted by atomic mass is 9.85. The van der Waals surface area contributed by atoms with Crippen LogP contribution in [0.3, 0.4) is 0 Å². The zero-order valence-electron chi connectivity index (χ0n) is 13.4. The van der Waals surface area contributed by atoms with Crippen LogP contribution in [0.2, 0.25) is 0 Å². The molecule has 0 aromatic heterocycles. The van der Waals surface area contributed by atoms with E-state index >= 15 is 0 Å². The molecule has 0 saturated heterocycles. The fourth-order valence-electron chi connectivity index (χ4n) is 3.46. The van der Waals surface area contributed by atoms with Crippen LogP contribution in [0.5, 0.6) is 0 Å². The number of rotatable bonds is 1. The molecule has 104 valence electrons. The number of hydrogen-bond acceptors (Lipinski definition) is 2. The monoisotopic (exact) mass is 275 g/mol. The maximum Gasteiger partial charge on any atom is 0.0702 e. The molecule has 1 aliphatic heterocycles. The molecule has 0 unspecified atom stereocenters. The summed E-state index contributed by atoms with van der Waals surface area (Å²) in [5, 5.41) is 0. The molecule has 1 nitrogen and oxygen atoms in total. The van der Waals surface area contributed by atoms with E-state index in [-0.39, 0.29) is 5.54 Å². The molecule has 0 amide bonds. The molecule has 0 N–H and O–H groups in total. The summed E-state index contributed by atoms with van der Waals surface area (Å²) in [4.78, 5) is 3.44. The van der Waals surface area contributed by atoms with E-state index in [4.69, 9.17) is 12.2 Å². The van der Waals surface area contributed by atoms with Gasteiger partial charge in [0.05, 0.1) is 5.54 Å². The van der Waals surface area contributed by atoms with Crippen molar-refractivity contribution < 1.29 is 0 Å². The molecule has 2 rings (SSSR count). The Hall–Kier alpha value is -0.890. The van der Waals surface area contributed by atoms with Crippen molar-refractivity contribution in [3.05, 3.63) is 27.8 Å². The third-order valence-electron chi connectivity index (χ3n) is 4.87. The van der Waals surface area contributed by atoms with E-state index < -0.39 is 0 Å². The smallest absolute Gasteiger partial charge is 0.0702 e. The number of thiocarbonyl (C=S) groups is 1. The second-order valence-electron chi connectivity index (χ2n) is 6.61. The molecule has 0 bridgehead atoms. The Balaban J connectivity index is 2.88. The van der Waals surface area contributed by atoms with Gasteiger partial charge in [0.1, 0.15) is 0 Å². The van der Waals surface area contributed by atoms with Gasteiger partial charge in [0.25, 0.3) is 0 Å². The van der Waals surface area contributed by atoms with Crippen molar-refractivity contribution in [1.82, 2.24) is 0 Å². The third-order valence-corrected chi connectivity index (χ3v) is 5.58. The van der Waals surface area contributed by atoms with Crippen LogP contribution in [0, 0.1) is 20.8 Å². The van der Waals surface area contributed by atoms with Crippen molar-refractivity contribution in [3.63, 3.8) is 0 Å². The Kier molecular flexibility index (Phi) is 3.29. The van der Waals surface area contributed by atoms with Crippen molar-refractivity contribution in [2.75, 3.05) is 11.9 Å². The molecule has 0 spiro atoms. The van der Waals surface area contributed by atoms with Gasteiger partial charge in [-0.1, -0.05) is 26.1 Å². The fraction of sp³-hybridized carbons (Fsp3) is 0.588. The van der Waals surface area contributed by atoms with Gasteiger partial charge in [-0.05, 0) is 62.8 Å². The molecule has 1 aromatic rings. The largest absolute Gasteiger partial charge is 0.364 e. The first-order valence-corrected chi connectivity index (χ1v) is 7.45. The highest BCUT2D eigenvalue weighted by Crippen LogP contribution is 2.45. The molecule has 0 saturated carbocycles. The van der Waals surface area contributed by atoms with Crippen molar-refractivity contribution in [2.45, 2.75) is 59.9 Å². The van der Waals surface area contributed by atoms with Gasteiger partial charge < -0.3 is 4.90 Å². The topological polar surface area (TPSA) is 3.24 Å². The number of anilines is 1. The van der Waals surface area contributed by atoms with Crippen LogP contribution in [0.4, 0.5) is 5.69 Å². The van der Waals surface area contributed by atoms with Crippen LogP contribution in [0.15, 0.2) is 0 Å². The van der Waals surface area contributed by atoms with Gasteiger partial charge in [0.15, 0.2) is 0 Å². The number of nitrogens with zero attached hydrogens (tertiary/aromatic N) is 1. The molecular formula is C17H25NS. The van der Waals surface area contributed by atoms with Crippen LogP contribution in [0.25, 0.3) is 0 Å². The summed E-state index contributed by atoms with van der Waals surface area (Å²) in [5.74, 6) is 0.542. The lowest BCUT2D eigenvalue weighted by Gasteiger charge is -2.31. The molecule has 0 aliphatic carbocycles. The summed E-state index contributed by atoms with van der Waals surface area (Å²) in [6.45, 7) is 15.7. The van der Waals surface area contributed by atoms with Gasteiger partial charge in [-0.3, -0.25) is 0 Å². The van der Waals surface area contributed by atoms with Gasteiger partial charge in [0.2, 0.25) is 0 Å². The maximum absolute atomic E-state index is 5.78. The fourth-order valence-corrected chi connectivity index (χ4v) is 3.85. The molecule has 1 heterocycles. The van der Waals surface area contributed by atoms with E-state index in [0.29, 0.717) is 5.92 Å². The first kappa shape index (κ1) is 14.5. The average Bonchev–Trinajstić information content (AvgIpc) is 2.47. The highest BCUT2D eigenvalue weighted by Gasteiger charge is 2.41. The molecule has 0 radical (unpaired) electrons. The number of fused-ring (bicyclic) bond motifs is 1. The lowest BCUT2D eigenvalue weighted by Crippen LogP contribution is -2.42.